The standard InChI is InChI=1S/C15H11FN2O2/c16-10-1-4-13(9(5-10)7-17)18-14-8-20-15-6-11(19)2-3-12(14)15/h1-6,14,18-19H,8H2. The molecular formula is C15H11FN2O2. The lowest BCUT2D eigenvalue weighted by molar-refractivity contribution is 0.338. The van der Waals surface area contributed by atoms with Crippen LogP contribution in [0.2, 0.25) is 0 Å². The quantitative estimate of drug-likeness (QED) is 0.880. The van der Waals surface area contributed by atoms with Gasteiger partial charge in [0, 0.05) is 11.6 Å². The van der Waals surface area contributed by atoms with Crippen molar-refractivity contribution in [2.24, 2.45) is 0 Å². The molecule has 0 saturated heterocycles. The topological polar surface area (TPSA) is 65.3 Å². The van der Waals surface area contributed by atoms with Crippen LogP contribution in [0.1, 0.15) is 17.2 Å². The van der Waals surface area contributed by atoms with Gasteiger partial charge in [0.25, 0.3) is 0 Å². The van der Waals surface area contributed by atoms with E-state index in [1.54, 1.807) is 18.2 Å². The zero-order chi connectivity index (χ0) is 14.1. The second-order valence-electron chi connectivity index (χ2n) is 4.53. The molecule has 1 unspecified atom stereocenters. The summed E-state index contributed by atoms with van der Waals surface area (Å²) < 4.78 is 18.6. The Morgan fingerprint density at radius 3 is 2.95 bits per heavy atom. The van der Waals surface area contributed by atoms with E-state index in [4.69, 9.17) is 10.00 Å². The highest BCUT2D eigenvalue weighted by Gasteiger charge is 2.25. The molecule has 0 saturated carbocycles. The number of nitrogens with zero attached hydrogens (tertiary/aromatic N) is 1. The summed E-state index contributed by atoms with van der Waals surface area (Å²) in [4.78, 5) is 0. The average molecular weight is 270 g/mol. The van der Waals surface area contributed by atoms with Gasteiger partial charge < -0.3 is 15.2 Å². The van der Waals surface area contributed by atoms with Crippen LogP contribution in [0.4, 0.5) is 10.1 Å². The third-order valence-electron chi connectivity index (χ3n) is 3.21. The highest BCUT2D eigenvalue weighted by molar-refractivity contribution is 5.60. The maximum atomic E-state index is 13.1. The van der Waals surface area contributed by atoms with Gasteiger partial charge in [-0.1, -0.05) is 0 Å². The predicted octanol–water partition coefficient (Wildman–Crippen LogP) is 2.95. The molecule has 4 nitrogen and oxygen atoms in total. The molecular weight excluding hydrogens is 259 g/mol. The van der Waals surface area contributed by atoms with Crippen molar-refractivity contribution in [3.63, 3.8) is 0 Å². The van der Waals surface area contributed by atoms with Gasteiger partial charge in [-0.3, -0.25) is 0 Å². The normalized spacial score (nSPS) is 16.1. The number of nitrogens with one attached hydrogen (secondary N) is 1. The van der Waals surface area contributed by atoms with Crippen LogP contribution in [0.15, 0.2) is 36.4 Å². The smallest absolute Gasteiger partial charge is 0.128 e. The van der Waals surface area contributed by atoms with Gasteiger partial charge in [-0.25, -0.2) is 4.39 Å². The van der Waals surface area contributed by atoms with Crippen LogP contribution >= 0.6 is 0 Å². The van der Waals surface area contributed by atoms with Crippen molar-refractivity contribution in [3.8, 4) is 17.6 Å². The molecule has 0 spiro atoms. The minimum absolute atomic E-state index is 0.136. The summed E-state index contributed by atoms with van der Waals surface area (Å²) in [6.45, 7) is 0.390. The van der Waals surface area contributed by atoms with Crippen molar-refractivity contribution in [1.82, 2.24) is 0 Å². The first-order valence-electron chi connectivity index (χ1n) is 6.09. The Kier molecular flexibility index (Phi) is 2.92. The Morgan fingerprint density at radius 1 is 1.30 bits per heavy atom. The second-order valence-corrected chi connectivity index (χ2v) is 4.53. The van der Waals surface area contributed by atoms with E-state index in [1.807, 2.05) is 6.07 Å². The van der Waals surface area contributed by atoms with Crippen LogP contribution < -0.4 is 10.1 Å². The highest BCUT2D eigenvalue weighted by Crippen LogP contribution is 2.37. The summed E-state index contributed by atoms with van der Waals surface area (Å²) in [7, 11) is 0. The summed E-state index contributed by atoms with van der Waals surface area (Å²) in [5.74, 6) is 0.312. The molecule has 1 atom stereocenters. The summed E-state index contributed by atoms with van der Waals surface area (Å²) in [6.07, 6.45) is 0. The first-order chi connectivity index (χ1) is 9.67. The lowest BCUT2D eigenvalue weighted by Gasteiger charge is -2.14. The summed E-state index contributed by atoms with van der Waals surface area (Å²) in [6, 6.07) is 10.7. The predicted molar refractivity (Wildman–Crippen MR) is 71.1 cm³/mol. The number of phenols is 1. The molecule has 2 aromatic carbocycles. The zero-order valence-corrected chi connectivity index (χ0v) is 10.4. The summed E-state index contributed by atoms with van der Waals surface area (Å²) in [5, 5.41) is 21.6. The number of benzene rings is 2. The van der Waals surface area contributed by atoms with E-state index in [-0.39, 0.29) is 17.4 Å². The Hall–Kier alpha value is -2.74. The van der Waals surface area contributed by atoms with Gasteiger partial charge in [0.1, 0.15) is 30.0 Å². The Balaban J connectivity index is 1.90. The average Bonchev–Trinajstić information content (AvgIpc) is 2.83. The number of anilines is 1. The molecule has 20 heavy (non-hydrogen) atoms. The third kappa shape index (κ3) is 2.12. The van der Waals surface area contributed by atoms with E-state index < -0.39 is 5.82 Å². The van der Waals surface area contributed by atoms with Crippen LogP contribution in [0, 0.1) is 17.1 Å². The molecule has 3 rings (SSSR count). The molecule has 0 fully saturated rings. The van der Waals surface area contributed by atoms with Gasteiger partial charge in [0.15, 0.2) is 0 Å². The Labute approximate surface area is 115 Å². The zero-order valence-electron chi connectivity index (χ0n) is 10.4. The highest BCUT2D eigenvalue weighted by atomic mass is 19.1. The van der Waals surface area contributed by atoms with Crippen LogP contribution in [0.5, 0.6) is 11.5 Å². The molecule has 1 heterocycles. The van der Waals surface area contributed by atoms with E-state index in [0.29, 0.717) is 18.0 Å². The third-order valence-corrected chi connectivity index (χ3v) is 3.21. The molecule has 1 aliphatic rings. The molecule has 0 amide bonds. The molecule has 0 aromatic heterocycles. The first kappa shape index (κ1) is 12.3. The second kappa shape index (κ2) is 4.74. The molecule has 0 aliphatic carbocycles. The fourth-order valence-electron chi connectivity index (χ4n) is 2.24. The van der Waals surface area contributed by atoms with E-state index >= 15 is 0 Å². The van der Waals surface area contributed by atoms with Crippen LogP contribution in [-0.2, 0) is 0 Å². The molecule has 2 aromatic rings. The van der Waals surface area contributed by atoms with Gasteiger partial charge in [-0.05, 0) is 30.3 Å². The van der Waals surface area contributed by atoms with E-state index in [0.717, 1.165) is 5.56 Å². The van der Waals surface area contributed by atoms with Crippen molar-refractivity contribution in [1.29, 1.82) is 5.26 Å². The lowest BCUT2D eigenvalue weighted by atomic mass is 10.1. The van der Waals surface area contributed by atoms with Crippen molar-refractivity contribution < 1.29 is 14.2 Å². The number of aromatic hydroxyl groups is 1. The van der Waals surface area contributed by atoms with Crippen molar-refractivity contribution in [2.75, 3.05) is 11.9 Å². The monoisotopic (exact) mass is 270 g/mol. The minimum atomic E-state index is -0.444. The lowest BCUT2D eigenvalue weighted by Crippen LogP contribution is -2.12. The minimum Gasteiger partial charge on any atom is -0.508 e. The first-order valence-corrected chi connectivity index (χ1v) is 6.09. The number of hydrogen-bond donors (Lipinski definition) is 2. The maximum absolute atomic E-state index is 13.1. The van der Waals surface area contributed by atoms with E-state index in [9.17, 15) is 9.50 Å². The Bertz CT molecular complexity index is 710. The maximum Gasteiger partial charge on any atom is 0.128 e. The number of nitriles is 1. The van der Waals surface area contributed by atoms with E-state index in [2.05, 4.69) is 5.32 Å². The van der Waals surface area contributed by atoms with Gasteiger partial charge in [0.05, 0.1) is 17.3 Å². The van der Waals surface area contributed by atoms with Crippen LogP contribution in [0.25, 0.3) is 0 Å². The van der Waals surface area contributed by atoms with Crippen LogP contribution in [0.3, 0.4) is 0 Å². The fraction of sp³-hybridized carbons (Fsp3) is 0.133. The summed E-state index contributed by atoms with van der Waals surface area (Å²) >= 11 is 0. The van der Waals surface area contributed by atoms with Gasteiger partial charge in [-0.15, -0.1) is 0 Å². The largest absolute Gasteiger partial charge is 0.508 e. The van der Waals surface area contributed by atoms with Gasteiger partial charge in [-0.2, -0.15) is 5.26 Å². The van der Waals surface area contributed by atoms with Crippen molar-refractivity contribution in [3.05, 3.63) is 53.3 Å². The van der Waals surface area contributed by atoms with Crippen molar-refractivity contribution >= 4 is 5.69 Å². The van der Waals surface area contributed by atoms with E-state index in [1.165, 1.54) is 18.2 Å². The number of phenolic OH excluding ortho intramolecular Hbond substituents is 1. The van der Waals surface area contributed by atoms with Crippen LogP contribution in [-0.4, -0.2) is 11.7 Å². The molecule has 5 heteroatoms. The fourth-order valence-corrected chi connectivity index (χ4v) is 2.24. The van der Waals surface area contributed by atoms with Gasteiger partial charge >= 0.3 is 0 Å². The molecule has 0 bridgehead atoms. The molecule has 100 valence electrons. The number of fused-ring (bicyclic) bond motifs is 1. The SMILES string of the molecule is N#Cc1cc(F)ccc1NC1COc2cc(O)ccc21. The summed E-state index contributed by atoms with van der Waals surface area (Å²) in [5.41, 5.74) is 1.71. The number of hydrogen-bond acceptors (Lipinski definition) is 4. The Morgan fingerprint density at radius 2 is 2.15 bits per heavy atom. The molecule has 1 aliphatic heterocycles. The molecule has 0 radical (unpaired) electrons. The number of ether oxygens (including phenoxy) is 1. The number of halogens is 1. The molecule has 2 N–H and O–H groups in total. The van der Waals surface area contributed by atoms with Gasteiger partial charge in [0.2, 0.25) is 0 Å². The number of rotatable bonds is 2. The van der Waals surface area contributed by atoms with Crippen molar-refractivity contribution in [2.45, 2.75) is 6.04 Å².